The van der Waals surface area contributed by atoms with E-state index in [1.165, 1.54) is 6.92 Å². The average molecular weight is 336 g/mol. The number of carbonyl (C=O) groups is 1. The number of halogens is 6. The molecule has 0 fully saturated rings. The van der Waals surface area contributed by atoms with Crippen LogP contribution in [0.2, 0.25) is 0 Å². The van der Waals surface area contributed by atoms with Crippen LogP contribution in [-0.2, 0) is 34.4 Å². The summed E-state index contributed by atoms with van der Waals surface area (Å²) in [7, 11) is 0. The van der Waals surface area contributed by atoms with E-state index in [-0.39, 0.29) is 0 Å². The molecule has 0 aromatic rings. The van der Waals surface area contributed by atoms with Crippen molar-refractivity contribution in [3.05, 3.63) is 11.7 Å². The second kappa shape index (κ2) is 10.8. The van der Waals surface area contributed by atoms with Crippen LogP contribution in [0.4, 0.5) is 27.2 Å². The van der Waals surface area contributed by atoms with E-state index in [0.717, 1.165) is 0 Å². The lowest BCUT2D eigenvalue weighted by Gasteiger charge is -2.17. The maximum Gasteiger partial charge on any atom is 0.449 e. The number of aliphatic carboxylic acids is 1. The molecule has 0 saturated carbocycles. The number of hydrogen-bond acceptors (Lipinski definition) is 8. The van der Waals surface area contributed by atoms with Crippen LogP contribution in [0.1, 0.15) is 6.92 Å². The molecule has 0 amide bonds. The fraction of sp³-hybridized carbons (Fsp3) is 0.500. The third-order valence-electron chi connectivity index (χ3n) is 1.34. The summed E-state index contributed by atoms with van der Waals surface area (Å²) in [5, 5.41) is 15.8. The molecule has 126 valence electrons. The standard InChI is InChI=1S/C3F6O6.C3H6O3/c4-10-1(2(11-5)12-6)3(13-7,14-8)15-9;1-2(4)3(5)6/h;2,4H,1H3,(H,5,6). The predicted molar refractivity (Wildman–Crippen MR) is 42.2 cm³/mol. The Hall–Kier alpha value is -1.97. The lowest BCUT2D eigenvalue weighted by molar-refractivity contribution is -0.544. The van der Waals surface area contributed by atoms with Gasteiger partial charge in [0.25, 0.3) is 0 Å². The van der Waals surface area contributed by atoms with E-state index in [9.17, 15) is 32.0 Å². The van der Waals surface area contributed by atoms with Gasteiger partial charge < -0.3 is 10.2 Å². The van der Waals surface area contributed by atoms with Crippen LogP contribution in [0.25, 0.3) is 0 Å². The normalized spacial score (nSPS) is 11.6. The molecule has 9 nitrogen and oxygen atoms in total. The lowest BCUT2D eigenvalue weighted by atomic mass is 10.4. The first-order valence-electron chi connectivity index (χ1n) is 4.20. The first-order chi connectivity index (χ1) is 9.79. The van der Waals surface area contributed by atoms with Crippen LogP contribution in [0.15, 0.2) is 11.7 Å². The van der Waals surface area contributed by atoms with Crippen LogP contribution >= 0.6 is 0 Å². The summed E-state index contributed by atoms with van der Waals surface area (Å²) in [6, 6.07) is 0. The van der Waals surface area contributed by atoms with Crippen molar-refractivity contribution in [3.8, 4) is 0 Å². The van der Waals surface area contributed by atoms with Gasteiger partial charge in [-0.3, -0.25) is 4.94 Å². The summed E-state index contributed by atoms with van der Waals surface area (Å²) >= 11 is 0. The Morgan fingerprint density at radius 2 is 1.29 bits per heavy atom. The van der Waals surface area contributed by atoms with Gasteiger partial charge in [0, 0.05) is 13.6 Å². The summed E-state index contributed by atoms with van der Waals surface area (Å²) < 4.78 is 68.8. The number of carboxylic acid groups (broad SMARTS) is 1. The van der Waals surface area contributed by atoms with Gasteiger partial charge >= 0.3 is 23.6 Å². The second-order valence-electron chi connectivity index (χ2n) is 2.65. The molecule has 0 aromatic heterocycles. The van der Waals surface area contributed by atoms with E-state index in [0.29, 0.717) is 0 Å². The Labute approximate surface area is 110 Å². The minimum absolute atomic E-state index is 1.19. The fourth-order valence-corrected chi connectivity index (χ4v) is 0.427. The van der Waals surface area contributed by atoms with Gasteiger partial charge in [-0.1, -0.05) is 0 Å². The third-order valence-corrected chi connectivity index (χ3v) is 1.34. The molecule has 0 heterocycles. The first-order valence-corrected chi connectivity index (χ1v) is 4.20. The molecule has 15 heteroatoms. The Bertz CT molecular complexity index is 318. The van der Waals surface area contributed by atoms with E-state index in [1.54, 1.807) is 0 Å². The Kier molecular flexibility index (Phi) is 10.9. The van der Waals surface area contributed by atoms with Crippen molar-refractivity contribution in [1.82, 2.24) is 0 Å². The molecule has 0 spiro atoms. The number of hydrogen-bond donors (Lipinski definition) is 2. The van der Waals surface area contributed by atoms with E-state index in [4.69, 9.17) is 10.2 Å². The molecule has 21 heavy (non-hydrogen) atoms. The van der Waals surface area contributed by atoms with Crippen molar-refractivity contribution in [1.29, 1.82) is 0 Å². The molecule has 2 N–H and O–H groups in total. The fourth-order valence-electron chi connectivity index (χ4n) is 0.427. The van der Waals surface area contributed by atoms with Gasteiger partial charge in [-0.05, 0) is 20.5 Å². The topological polar surface area (TPSA) is 113 Å². The smallest absolute Gasteiger partial charge is 0.449 e. The van der Waals surface area contributed by atoms with Crippen molar-refractivity contribution < 1.29 is 71.8 Å². The van der Waals surface area contributed by atoms with Gasteiger partial charge in [0.15, 0.2) is 0 Å². The molecular formula is C6H6F6O9. The number of carboxylic acids is 1. The Balaban J connectivity index is 0. The van der Waals surface area contributed by atoms with Crippen LogP contribution in [-0.4, -0.2) is 28.3 Å². The highest BCUT2D eigenvalue weighted by molar-refractivity contribution is 5.71. The molecule has 0 rings (SSSR count). The lowest BCUT2D eigenvalue weighted by Crippen LogP contribution is -2.36. The van der Waals surface area contributed by atoms with Crippen molar-refractivity contribution >= 4 is 5.97 Å². The van der Waals surface area contributed by atoms with Crippen molar-refractivity contribution in [3.63, 3.8) is 0 Å². The van der Waals surface area contributed by atoms with Crippen LogP contribution < -0.4 is 0 Å². The van der Waals surface area contributed by atoms with Gasteiger partial charge in [0.05, 0.1) is 0 Å². The van der Waals surface area contributed by atoms with Crippen LogP contribution in [0.3, 0.4) is 0 Å². The summed E-state index contributed by atoms with van der Waals surface area (Å²) in [5.74, 6) is -10.2. The summed E-state index contributed by atoms with van der Waals surface area (Å²) in [6.45, 7) is 1.20. The van der Waals surface area contributed by atoms with E-state index < -0.39 is 29.8 Å². The SMILES string of the molecule is CC(O)C(=O)O.FOC(OF)=C(OF)C(OF)(OF)OF. The quantitative estimate of drug-likeness (QED) is 0.388. The van der Waals surface area contributed by atoms with E-state index >= 15 is 0 Å². The highest BCUT2D eigenvalue weighted by Gasteiger charge is 2.52. The largest absolute Gasteiger partial charge is 0.479 e. The van der Waals surface area contributed by atoms with Crippen molar-refractivity contribution in [2.75, 3.05) is 0 Å². The van der Waals surface area contributed by atoms with Crippen molar-refractivity contribution in [2.45, 2.75) is 19.0 Å². The maximum absolute atomic E-state index is 11.5. The maximum atomic E-state index is 11.5. The zero-order valence-electron chi connectivity index (χ0n) is 9.60. The van der Waals surface area contributed by atoms with Gasteiger partial charge in [-0.15, -0.1) is 14.8 Å². The molecule has 0 aliphatic heterocycles. The van der Waals surface area contributed by atoms with E-state index in [1.807, 2.05) is 0 Å². The second-order valence-corrected chi connectivity index (χ2v) is 2.65. The molecule has 1 unspecified atom stereocenters. The van der Waals surface area contributed by atoms with Gasteiger partial charge in [-0.2, -0.15) is 0 Å². The molecule has 1 atom stereocenters. The van der Waals surface area contributed by atoms with Gasteiger partial charge in [-0.25, -0.2) is 14.7 Å². The van der Waals surface area contributed by atoms with Crippen LogP contribution in [0.5, 0.6) is 0 Å². The summed E-state index contributed by atoms with van der Waals surface area (Å²) in [4.78, 5) is 23.3. The molecule has 0 aliphatic rings. The number of aliphatic hydroxyl groups excluding tert-OH is 1. The Morgan fingerprint density at radius 1 is 0.952 bits per heavy atom. The number of rotatable bonds is 8. The summed E-state index contributed by atoms with van der Waals surface area (Å²) in [6.07, 6.45) is -1.23. The predicted octanol–water partition coefficient (Wildman–Crippen LogP) is 1.67. The molecule has 0 saturated heterocycles. The number of aliphatic hydroxyl groups is 1. The molecule has 0 bridgehead atoms. The molecule has 0 aliphatic carbocycles. The Morgan fingerprint density at radius 3 is 1.43 bits per heavy atom. The molecule has 0 radical (unpaired) electrons. The minimum Gasteiger partial charge on any atom is -0.479 e. The highest BCUT2D eigenvalue weighted by Crippen LogP contribution is 2.31. The van der Waals surface area contributed by atoms with Crippen molar-refractivity contribution in [2.24, 2.45) is 0 Å². The first kappa shape index (κ1) is 21.3. The zero-order valence-corrected chi connectivity index (χ0v) is 9.60. The molecular weight excluding hydrogens is 330 g/mol. The summed E-state index contributed by atoms with van der Waals surface area (Å²) in [5.41, 5.74) is 0. The highest BCUT2D eigenvalue weighted by atomic mass is 19.3. The monoisotopic (exact) mass is 336 g/mol. The van der Waals surface area contributed by atoms with E-state index in [2.05, 4.69) is 29.6 Å². The average Bonchev–Trinajstić information content (AvgIpc) is 2.49. The zero-order chi connectivity index (χ0) is 17.1. The van der Waals surface area contributed by atoms with Gasteiger partial charge in [0.1, 0.15) is 6.10 Å². The van der Waals surface area contributed by atoms with Crippen LogP contribution in [0, 0.1) is 0 Å². The van der Waals surface area contributed by atoms with Gasteiger partial charge in [0.2, 0.25) is 0 Å². The molecule has 0 aromatic carbocycles. The third kappa shape index (κ3) is 6.34. The minimum atomic E-state index is -4.33.